The van der Waals surface area contributed by atoms with Crippen molar-refractivity contribution in [2.75, 3.05) is 32.8 Å². The molecule has 0 atom stereocenters. The monoisotopic (exact) mass is 382 g/mol. The summed E-state index contributed by atoms with van der Waals surface area (Å²) in [6.07, 6.45) is 2.32. The molecule has 0 unspecified atom stereocenters. The molecule has 28 heavy (non-hydrogen) atoms. The zero-order valence-electron chi connectivity index (χ0n) is 17.4. The maximum Gasteiger partial charge on any atom is 0.191 e. The second-order valence-corrected chi connectivity index (χ2v) is 7.63. The molecule has 0 spiro atoms. The fraction of sp³-hybridized carbons (Fsp3) is 0.522. The number of benzene rings is 2. The Bertz CT molecular complexity index is 761. The molecule has 0 bridgehead atoms. The Hall–Kier alpha value is -2.27. The van der Waals surface area contributed by atoms with Crippen LogP contribution < -0.4 is 15.4 Å². The van der Waals surface area contributed by atoms with Gasteiger partial charge in [0.15, 0.2) is 5.96 Å². The van der Waals surface area contributed by atoms with Crippen molar-refractivity contribution in [3.05, 3.63) is 42.5 Å². The molecule has 5 nitrogen and oxygen atoms in total. The average molecular weight is 383 g/mol. The third-order valence-corrected chi connectivity index (χ3v) is 5.31. The highest BCUT2D eigenvalue weighted by Crippen LogP contribution is 2.24. The maximum absolute atomic E-state index is 6.01. The summed E-state index contributed by atoms with van der Waals surface area (Å²) in [5, 5.41) is 9.31. The summed E-state index contributed by atoms with van der Waals surface area (Å²) in [6.45, 7) is 11.0. The molecule has 152 valence electrons. The standard InChI is InChI=1S/C23H34N4O/c1-4-24-23(26-20-12-15-27(16-13-20)18(2)3)25-14-17-28-22-11-7-9-19-8-5-6-10-21(19)22/h5-11,18,20H,4,12-17H2,1-3H3,(H2,24,25,26). The molecule has 0 aliphatic carbocycles. The Morgan fingerprint density at radius 3 is 2.64 bits per heavy atom. The van der Waals surface area contributed by atoms with Crippen molar-refractivity contribution in [3.8, 4) is 5.75 Å². The number of nitrogens with one attached hydrogen (secondary N) is 2. The van der Waals surface area contributed by atoms with E-state index in [2.05, 4.69) is 60.6 Å². The second kappa shape index (κ2) is 10.3. The largest absolute Gasteiger partial charge is 0.491 e. The van der Waals surface area contributed by atoms with Crippen LogP contribution in [-0.2, 0) is 0 Å². The van der Waals surface area contributed by atoms with Crippen LogP contribution in [0.1, 0.15) is 33.6 Å². The lowest BCUT2D eigenvalue weighted by Crippen LogP contribution is -2.50. The van der Waals surface area contributed by atoms with E-state index in [0.29, 0.717) is 25.2 Å². The van der Waals surface area contributed by atoms with E-state index in [1.807, 2.05) is 18.2 Å². The van der Waals surface area contributed by atoms with Gasteiger partial charge in [-0.15, -0.1) is 0 Å². The highest BCUT2D eigenvalue weighted by Gasteiger charge is 2.21. The van der Waals surface area contributed by atoms with Crippen LogP contribution in [0.5, 0.6) is 5.75 Å². The molecule has 1 saturated heterocycles. The SMILES string of the molecule is CCNC(=NCCOc1cccc2ccccc12)NC1CCN(C(C)C)CC1. The molecule has 1 aliphatic heterocycles. The van der Waals surface area contributed by atoms with E-state index < -0.39 is 0 Å². The molecule has 3 rings (SSSR count). The zero-order valence-corrected chi connectivity index (χ0v) is 17.4. The van der Waals surface area contributed by atoms with Gasteiger partial charge in [-0.25, -0.2) is 4.99 Å². The maximum atomic E-state index is 6.01. The van der Waals surface area contributed by atoms with Crippen LogP contribution in [0.3, 0.4) is 0 Å². The lowest BCUT2D eigenvalue weighted by Gasteiger charge is -2.35. The van der Waals surface area contributed by atoms with Crippen molar-refractivity contribution in [3.63, 3.8) is 0 Å². The first-order chi connectivity index (χ1) is 13.7. The quantitative estimate of drug-likeness (QED) is 0.436. The van der Waals surface area contributed by atoms with E-state index in [1.165, 1.54) is 5.39 Å². The fourth-order valence-electron chi connectivity index (χ4n) is 3.71. The molecule has 0 radical (unpaired) electrons. The first-order valence-electron chi connectivity index (χ1n) is 10.6. The molecule has 0 aromatic heterocycles. The Morgan fingerprint density at radius 2 is 1.89 bits per heavy atom. The summed E-state index contributed by atoms with van der Waals surface area (Å²) < 4.78 is 6.01. The number of likely N-dealkylation sites (tertiary alicyclic amines) is 1. The van der Waals surface area contributed by atoms with Crippen molar-refractivity contribution < 1.29 is 4.74 Å². The van der Waals surface area contributed by atoms with Crippen LogP contribution in [0.2, 0.25) is 0 Å². The van der Waals surface area contributed by atoms with E-state index in [9.17, 15) is 0 Å². The number of piperidine rings is 1. The predicted molar refractivity (Wildman–Crippen MR) is 118 cm³/mol. The molecule has 0 amide bonds. The van der Waals surface area contributed by atoms with Gasteiger partial charge in [-0.2, -0.15) is 0 Å². The molecule has 2 N–H and O–H groups in total. The van der Waals surface area contributed by atoms with E-state index in [1.54, 1.807) is 0 Å². The predicted octanol–water partition coefficient (Wildman–Crippen LogP) is 3.65. The molecular weight excluding hydrogens is 348 g/mol. The van der Waals surface area contributed by atoms with E-state index in [0.717, 1.165) is 49.6 Å². The van der Waals surface area contributed by atoms with Crippen LogP contribution in [-0.4, -0.2) is 55.7 Å². The normalized spacial score (nSPS) is 16.5. The van der Waals surface area contributed by atoms with Gasteiger partial charge in [0.2, 0.25) is 0 Å². The number of hydrogen-bond acceptors (Lipinski definition) is 3. The summed E-state index contributed by atoms with van der Waals surface area (Å²) >= 11 is 0. The number of aliphatic imine (C=N–C) groups is 1. The number of ether oxygens (including phenoxy) is 1. The number of fused-ring (bicyclic) bond motifs is 1. The average Bonchev–Trinajstić information content (AvgIpc) is 2.71. The van der Waals surface area contributed by atoms with Gasteiger partial charge in [0.05, 0.1) is 6.54 Å². The Balaban J connectivity index is 1.50. The number of rotatable bonds is 7. The summed E-state index contributed by atoms with van der Waals surface area (Å²) in [5.41, 5.74) is 0. The van der Waals surface area contributed by atoms with Crippen molar-refractivity contribution in [2.45, 2.75) is 45.7 Å². The van der Waals surface area contributed by atoms with Crippen molar-refractivity contribution >= 4 is 16.7 Å². The van der Waals surface area contributed by atoms with E-state index in [-0.39, 0.29) is 0 Å². The highest BCUT2D eigenvalue weighted by atomic mass is 16.5. The minimum absolute atomic E-state index is 0.492. The van der Waals surface area contributed by atoms with Crippen LogP contribution in [0, 0.1) is 0 Å². The van der Waals surface area contributed by atoms with Gasteiger partial charge < -0.3 is 20.3 Å². The first-order valence-corrected chi connectivity index (χ1v) is 10.6. The fourth-order valence-corrected chi connectivity index (χ4v) is 3.71. The molecule has 1 heterocycles. The van der Waals surface area contributed by atoms with Crippen LogP contribution in [0.25, 0.3) is 10.8 Å². The summed E-state index contributed by atoms with van der Waals surface area (Å²) in [6, 6.07) is 15.6. The van der Waals surface area contributed by atoms with E-state index >= 15 is 0 Å². The van der Waals surface area contributed by atoms with Crippen molar-refractivity contribution in [1.82, 2.24) is 15.5 Å². The van der Waals surface area contributed by atoms with Crippen LogP contribution >= 0.6 is 0 Å². The van der Waals surface area contributed by atoms with Crippen molar-refractivity contribution in [2.24, 2.45) is 4.99 Å². The van der Waals surface area contributed by atoms with Crippen LogP contribution in [0.15, 0.2) is 47.5 Å². The molecular formula is C23H34N4O. The minimum Gasteiger partial charge on any atom is -0.491 e. The summed E-state index contributed by atoms with van der Waals surface area (Å²) in [4.78, 5) is 7.25. The Kier molecular flexibility index (Phi) is 7.54. The van der Waals surface area contributed by atoms with E-state index in [4.69, 9.17) is 9.73 Å². The third kappa shape index (κ3) is 5.61. The zero-order chi connectivity index (χ0) is 19.8. The Labute approximate surface area is 169 Å². The molecule has 0 saturated carbocycles. The highest BCUT2D eigenvalue weighted by molar-refractivity contribution is 5.88. The summed E-state index contributed by atoms with van der Waals surface area (Å²) in [5.74, 6) is 1.82. The lowest BCUT2D eigenvalue weighted by molar-refractivity contribution is 0.167. The summed E-state index contributed by atoms with van der Waals surface area (Å²) in [7, 11) is 0. The van der Waals surface area contributed by atoms with Crippen molar-refractivity contribution in [1.29, 1.82) is 0 Å². The number of nitrogens with zero attached hydrogens (tertiary/aromatic N) is 2. The molecule has 1 fully saturated rings. The molecule has 2 aromatic rings. The number of hydrogen-bond donors (Lipinski definition) is 2. The second-order valence-electron chi connectivity index (χ2n) is 7.63. The topological polar surface area (TPSA) is 48.9 Å². The third-order valence-electron chi connectivity index (χ3n) is 5.31. The van der Waals surface area contributed by atoms with Gasteiger partial charge in [0, 0.05) is 37.1 Å². The first kappa shape index (κ1) is 20.5. The molecule has 1 aliphatic rings. The Morgan fingerprint density at radius 1 is 1.14 bits per heavy atom. The smallest absolute Gasteiger partial charge is 0.191 e. The molecule has 5 heteroatoms. The van der Waals surface area contributed by atoms with Gasteiger partial charge in [0.25, 0.3) is 0 Å². The van der Waals surface area contributed by atoms with Crippen LogP contribution in [0.4, 0.5) is 0 Å². The van der Waals surface area contributed by atoms with Gasteiger partial charge in [0.1, 0.15) is 12.4 Å². The molecule has 2 aromatic carbocycles. The van der Waals surface area contributed by atoms with Gasteiger partial charge in [-0.05, 0) is 45.1 Å². The lowest BCUT2D eigenvalue weighted by atomic mass is 10.0. The van der Waals surface area contributed by atoms with Gasteiger partial charge >= 0.3 is 0 Å². The van der Waals surface area contributed by atoms with Gasteiger partial charge in [-0.1, -0.05) is 36.4 Å². The van der Waals surface area contributed by atoms with Gasteiger partial charge in [-0.3, -0.25) is 0 Å². The number of guanidine groups is 1. The minimum atomic E-state index is 0.492.